The quantitative estimate of drug-likeness (QED) is 0.247. The second-order valence-electron chi connectivity index (χ2n) is 7.81. The lowest BCUT2D eigenvalue weighted by atomic mass is 10.1. The van der Waals surface area contributed by atoms with Crippen molar-refractivity contribution in [1.29, 1.82) is 0 Å². The normalized spacial score (nSPS) is 11.7. The molecule has 10 heteroatoms. The van der Waals surface area contributed by atoms with Crippen LogP contribution in [0.15, 0.2) is 71.9 Å². The van der Waals surface area contributed by atoms with Crippen LogP contribution in [0.5, 0.6) is 11.5 Å². The minimum absolute atomic E-state index is 0.294. The van der Waals surface area contributed by atoms with Crippen LogP contribution in [0.2, 0.25) is 10.0 Å². The maximum Gasteiger partial charge on any atom is 0.255 e. The first kappa shape index (κ1) is 25.9. The fourth-order valence-electron chi connectivity index (χ4n) is 3.62. The maximum atomic E-state index is 13.0. The van der Waals surface area contributed by atoms with Gasteiger partial charge in [0.1, 0.15) is 11.5 Å². The number of nitrogens with zero attached hydrogens (tertiary/aromatic N) is 3. The van der Waals surface area contributed by atoms with E-state index in [1.807, 2.05) is 41.8 Å². The van der Waals surface area contributed by atoms with Crippen molar-refractivity contribution in [3.8, 4) is 17.2 Å². The molecular formula is C26H24Cl2N4O3S. The molecule has 0 spiro atoms. The predicted octanol–water partition coefficient (Wildman–Crippen LogP) is 6.37. The van der Waals surface area contributed by atoms with Gasteiger partial charge in [-0.3, -0.25) is 9.36 Å². The van der Waals surface area contributed by atoms with Crippen LogP contribution >= 0.6 is 35.0 Å². The Bertz CT molecular complexity index is 1380. The van der Waals surface area contributed by atoms with Crippen LogP contribution in [0.25, 0.3) is 5.69 Å². The second-order valence-corrected chi connectivity index (χ2v) is 9.59. The summed E-state index contributed by atoms with van der Waals surface area (Å²) in [6.45, 7) is 1.84. The van der Waals surface area contributed by atoms with E-state index in [-0.39, 0.29) is 5.91 Å². The average Bonchev–Trinajstić information content (AvgIpc) is 3.32. The van der Waals surface area contributed by atoms with Crippen LogP contribution in [0.4, 0.5) is 0 Å². The minimum Gasteiger partial charge on any atom is -0.497 e. The molecule has 0 saturated heterocycles. The van der Waals surface area contributed by atoms with E-state index in [1.54, 1.807) is 43.5 Å². The zero-order valence-corrected chi connectivity index (χ0v) is 22.2. The molecule has 7 nitrogen and oxygen atoms in total. The molecule has 1 atom stereocenters. The number of hydrogen-bond acceptors (Lipinski definition) is 6. The first-order valence-electron chi connectivity index (χ1n) is 11.0. The molecule has 1 N–H and O–H groups in total. The van der Waals surface area contributed by atoms with Gasteiger partial charge in [0.2, 0.25) is 0 Å². The molecule has 1 aromatic heterocycles. The number of hydrogen-bond donors (Lipinski definition) is 1. The predicted molar refractivity (Wildman–Crippen MR) is 143 cm³/mol. The van der Waals surface area contributed by atoms with E-state index in [0.29, 0.717) is 43.8 Å². The lowest BCUT2D eigenvalue weighted by Crippen LogP contribution is -2.29. The molecule has 186 valence electrons. The van der Waals surface area contributed by atoms with E-state index in [2.05, 4.69) is 15.5 Å². The van der Waals surface area contributed by atoms with E-state index in [0.717, 1.165) is 11.3 Å². The van der Waals surface area contributed by atoms with E-state index in [4.69, 9.17) is 32.7 Å². The van der Waals surface area contributed by atoms with Crippen molar-refractivity contribution in [3.63, 3.8) is 0 Å². The molecule has 0 saturated carbocycles. The Labute approximate surface area is 223 Å². The molecule has 4 aromatic rings. The largest absolute Gasteiger partial charge is 0.497 e. The smallest absolute Gasteiger partial charge is 0.255 e. The van der Waals surface area contributed by atoms with Gasteiger partial charge in [-0.25, -0.2) is 0 Å². The van der Waals surface area contributed by atoms with Gasteiger partial charge in [-0.05, 0) is 55.0 Å². The minimum atomic E-state index is -0.504. The lowest BCUT2D eigenvalue weighted by Gasteiger charge is -2.18. The molecular weight excluding hydrogens is 519 g/mol. The van der Waals surface area contributed by atoms with Crippen LogP contribution in [0.3, 0.4) is 0 Å². The van der Waals surface area contributed by atoms with Crippen LogP contribution in [0.1, 0.15) is 34.7 Å². The number of benzene rings is 3. The van der Waals surface area contributed by atoms with Crippen molar-refractivity contribution in [2.45, 2.75) is 23.9 Å². The molecule has 3 aromatic carbocycles. The molecule has 4 rings (SSSR count). The molecule has 0 bridgehead atoms. The summed E-state index contributed by atoms with van der Waals surface area (Å²) in [4.78, 5) is 13.0. The number of halogens is 2. The van der Waals surface area contributed by atoms with Gasteiger partial charge < -0.3 is 14.8 Å². The van der Waals surface area contributed by atoms with Crippen molar-refractivity contribution in [1.82, 2.24) is 20.1 Å². The summed E-state index contributed by atoms with van der Waals surface area (Å²) < 4.78 is 12.5. The van der Waals surface area contributed by atoms with E-state index < -0.39 is 6.04 Å². The van der Waals surface area contributed by atoms with Gasteiger partial charge in [0.25, 0.3) is 5.91 Å². The molecule has 0 aliphatic rings. The van der Waals surface area contributed by atoms with E-state index in [1.165, 1.54) is 18.9 Å². The van der Waals surface area contributed by atoms with Crippen molar-refractivity contribution in [2.24, 2.45) is 0 Å². The summed E-state index contributed by atoms with van der Waals surface area (Å²) in [5.41, 5.74) is 2.10. The summed E-state index contributed by atoms with van der Waals surface area (Å²) in [7, 11) is 3.16. The lowest BCUT2D eigenvalue weighted by molar-refractivity contribution is 0.0935. The number of para-hydroxylation sites is 1. The third-order valence-corrected chi connectivity index (χ3v) is 6.95. The van der Waals surface area contributed by atoms with Crippen LogP contribution in [-0.4, -0.2) is 34.9 Å². The number of aromatic nitrogens is 3. The SMILES string of the molecule is COc1cccc(CSc2nnc(C(C)NC(=O)c3ccccc3OC)n2-c2cc(Cl)ccc2Cl)c1. The van der Waals surface area contributed by atoms with Gasteiger partial charge in [-0.1, -0.05) is 59.2 Å². The number of ether oxygens (including phenoxy) is 2. The number of nitrogens with one attached hydrogen (secondary N) is 1. The third kappa shape index (κ3) is 5.78. The van der Waals surface area contributed by atoms with Crippen molar-refractivity contribution in [2.75, 3.05) is 14.2 Å². The van der Waals surface area contributed by atoms with E-state index in [9.17, 15) is 4.79 Å². The van der Waals surface area contributed by atoms with Gasteiger partial charge in [0.05, 0.1) is 36.5 Å². The molecule has 1 amide bonds. The Morgan fingerprint density at radius 3 is 2.61 bits per heavy atom. The fourth-order valence-corrected chi connectivity index (χ4v) is 4.88. The Kier molecular flexibility index (Phi) is 8.40. The van der Waals surface area contributed by atoms with Crippen molar-refractivity contribution >= 4 is 40.9 Å². The zero-order chi connectivity index (χ0) is 25.7. The standard InChI is InChI=1S/C26H24Cl2N4O3S/c1-16(29-25(33)20-9-4-5-10-23(20)35-3)24-30-31-26(32(24)22-14-18(27)11-12-21(22)28)36-15-17-7-6-8-19(13-17)34-2/h4-14,16H,15H2,1-3H3,(H,29,33). The monoisotopic (exact) mass is 542 g/mol. The summed E-state index contributed by atoms with van der Waals surface area (Å²) in [5.74, 6) is 2.10. The molecule has 0 fully saturated rings. The molecule has 1 unspecified atom stereocenters. The maximum absolute atomic E-state index is 13.0. The van der Waals surface area contributed by atoms with Crippen LogP contribution in [-0.2, 0) is 5.75 Å². The van der Waals surface area contributed by atoms with Gasteiger partial charge >= 0.3 is 0 Å². The highest BCUT2D eigenvalue weighted by atomic mass is 35.5. The molecule has 0 aliphatic heterocycles. The highest BCUT2D eigenvalue weighted by molar-refractivity contribution is 7.98. The topological polar surface area (TPSA) is 78.3 Å². The summed E-state index contributed by atoms with van der Waals surface area (Å²) in [6, 6.07) is 19.5. The van der Waals surface area contributed by atoms with Gasteiger partial charge in [0.15, 0.2) is 11.0 Å². The van der Waals surface area contributed by atoms with E-state index >= 15 is 0 Å². The first-order valence-corrected chi connectivity index (χ1v) is 12.8. The fraction of sp³-hybridized carbons (Fsp3) is 0.192. The summed E-state index contributed by atoms with van der Waals surface area (Å²) in [6.07, 6.45) is 0. The van der Waals surface area contributed by atoms with Crippen LogP contribution in [0, 0.1) is 0 Å². The highest BCUT2D eigenvalue weighted by Crippen LogP contribution is 2.33. The number of carbonyl (C=O) groups excluding carboxylic acids is 1. The molecule has 1 heterocycles. The Hall–Kier alpha value is -3.20. The number of rotatable bonds is 9. The third-order valence-electron chi connectivity index (χ3n) is 5.40. The molecule has 0 radical (unpaired) electrons. The highest BCUT2D eigenvalue weighted by Gasteiger charge is 2.24. The first-order chi connectivity index (χ1) is 17.4. The average molecular weight is 543 g/mol. The number of carbonyl (C=O) groups is 1. The zero-order valence-electron chi connectivity index (χ0n) is 19.9. The number of amides is 1. The van der Waals surface area contributed by atoms with Crippen molar-refractivity contribution < 1.29 is 14.3 Å². The summed E-state index contributed by atoms with van der Waals surface area (Å²) >= 11 is 14.4. The second kappa shape index (κ2) is 11.7. The van der Waals surface area contributed by atoms with Gasteiger partial charge in [0, 0.05) is 10.8 Å². The summed E-state index contributed by atoms with van der Waals surface area (Å²) in [5, 5.41) is 13.4. The van der Waals surface area contributed by atoms with Crippen LogP contribution < -0.4 is 14.8 Å². The van der Waals surface area contributed by atoms with Gasteiger partial charge in [-0.15, -0.1) is 10.2 Å². The Morgan fingerprint density at radius 2 is 1.83 bits per heavy atom. The van der Waals surface area contributed by atoms with Crippen molar-refractivity contribution in [3.05, 3.63) is 93.7 Å². The Balaban J connectivity index is 1.67. The molecule has 36 heavy (non-hydrogen) atoms. The van der Waals surface area contributed by atoms with Gasteiger partial charge in [-0.2, -0.15) is 0 Å². The number of methoxy groups -OCH3 is 2. The molecule has 0 aliphatic carbocycles. The number of thioether (sulfide) groups is 1. The Morgan fingerprint density at radius 1 is 1.03 bits per heavy atom.